The van der Waals surface area contributed by atoms with Gasteiger partial charge in [0.15, 0.2) is 0 Å². The molecule has 0 radical (unpaired) electrons. The second-order valence-electron chi connectivity index (χ2n) is 8.32. The molecule has 6 nitrogen and oxygen atoms in total. The van der Waals surface area contributed by atoms with E-state index in [0.717, 1.165) is 45.7 Å². The number of aromatic nitrogens is 3. The molecule has 0 bridgehead atoms. The fourth-order valence-electron chi connectivity index (χ4n) is 4.18. The summed E-state index contributed by atoms with van der Waals surface area (Å²) in [5.41, 5.74) is 5.41. The third kappa shape index (κ3) is 5.58. The lowest BCUT2D eigenvalue weighted by atomic mass is 10.0. The number of hydrogen-bond acceptors (Lipinski definition) is 6. The number of aryl methyl sites for hydroxylation is 1. The fraction of sp³-hybridized carbons (Fsp3) is 0.269. The standard InChI is InChI=1S/C26H26ClN5O.ClH/c1-18-16-19(22-6-2-3-7-23(22)27)17-24-25(18)29-26(31-30-24)28-20-8-10-21(11-9-20)33-15-14-32-12-4-5-13-32;/h2-3,6-11,16-17H,4-5,12-15H2,1H3,(H,28,29,31);1H. The summed E-state index contributed by atoms with van der Waals surface area (Å²) < 4.78 is 5.88. The SMILES string of the molecule is Cc1cc(-c2ccccc2Cl)cc2nnc(Nc3ccc(OCCN4CCCC4)cc3)nc12.Cl. The normalized spacial score (nSPS) is 13.6. The lowest BCUT2D eigenvalue weighted by molar-refractivity contribution is 0.238. The van der Waals surface area contributed by atoms with Gasteiger partial charge in [-0.3, -0.25) is 4.90 Å². The van der Waals surface area contributed by atoms with Crippen LogP contribution < -0.4 is 10.1 Å². The van der Waals surface area contributed by atoms with Crippen LogP contribution in [0, 0.1) is 6.92 Å². The van der Waals surface area contributed by atoms with Gasteiger partial charge in [0.2, 0.25) is 5.95 Å². The summed E-state index contributed by atoms with van der Waals surface area (Å²) in [6.45, 7) is 6.09. The van der Waals surface area contributed by atoms with E-state index in [1.807, 2.05) is 61.5 Å². The molecule has 34 heavy (non-hydrogen) atoms. The summed E-state index contributed by atoms with van der Waals surface area (Å²) in [6.07, 6.45) is 2.60. The van der Waals surface area contributed by atoms with E-state index in [2.05, 4.69) is 31.5 Å². The Morgan fingerprint density at radius 1 is 1.00 bits per heavy atom. The van der Waals surface area contributed by atoms with Crippen molar-refractivity contribution in [3.05, 3.63) is 71.2 Å². The molecule has 0 spiro atoms. The predicted molar refractivity (Wildman–Crippen MR) is 141 cm³/mol. The molecule has 0 unspecified atom stereocenters. The second-order valence-corrected chi connectivity index (χ2v) is 8.73. The maximum atomic E-state index is 6.37. The minimum atomic E-state index is 0. The number of benzene rings is 3. The zero-order valence-corrected chi connectivity index (χ0v) is 20.6. The number of rotatable bonds is 7. The minimum Gasteiger partial charge on any atom is -0.492 e. The van der Waals surface area contributed by atoms with E-state index < -0.39 is 0 Å². The molecular weight excluding hydrogens is 469 g/mol. The van der Waals surface area contributed by atoms with Gasteiger partial charge >= 0.3 is 0 Å². The van der Waals surface area contributed by atoms with E-state index >= 15 is 0 Å². The van der Waals surface area contributed by atoms with Crippen LogP contribution in [-0.4, -0.2) is 46.3 Å². The Bertz CT molecular complexity index is 1260. The molecule has 2 heterocycles. The average molecular weight is 496 g/mol. The molecule has 176 valence electrons. The summed E-state index contributed by atoms with van der Waals surface area (Å²) in [6, 6.07) is 19.7. The van der Waals surface area contributed by atoms with E-state index in [1.165, 1.54) is 25.9 Å². The zero-order chi connectivity index (χ0) is 22.6. The zero-order valence-electron chi connectivity index (χ0n) is 19.0. The fourth-order valence-corrected chi connectivity index (χ4v) is 4.42. The van der Waals surface area contributed by atoms with E-state index in [-0.39, 0.29) is 12.4 Å². The molecule has 0 atom stereocenters. The summed E-state index contributed by atoms with van der Waals surface area (Å²) in [4.78, 5) is 7.13. The van der Waals surface area contributed by atoms with Crippen LogP contribution >= 0.6 is 24.0 Å². The number of nitrogens with one attached hydrogen (secondary N) is 1. The van der Waals surface area contributed by atoms with Crippen LogP contribution in [0.2, 0.25) is 5.02 Å². The quantitative estimate of drug-likeness (QED) is 0.324. The van der Waals surface area contributed by atoms with Crippen LogP contribution in [0.25, 0.3) is 22.2 Å². The molecule has 1 aromatic heterocycles. The van der Waals surface area contributed by atoms with Crippen LogP contribution in [0.3, 0.4) is 0 Å². The summed E-state index contributed by atoms with van der Waals surface area (Å²) in [5, 5.41) is 12.6. The van der Waals surface area contributed by atoms with E-state index in [9.17, 15) is 0 Å². The van der Waals surface area contributed by atoms with Crippen LogP contribution in [-0.2, 0) is 0 Å². The minimum absolute atomic E-state index is 0. The molecule has 5 rings (SSSR count). The topological polar surface area (TPSA) is 63.2 Å². The number of halogens is 2. The molecular formula is C26H27Cl2N5O. The van der Waals surface area contributed by atoms with Crippen molar-refractivity contribution in [2.75, 3.05) is 31.6 Å². The summed E-state index contributed by atoms with van der Waals surface area (Å²) in [5.74, 6) is 1.32. The maximum Gasteiger partial charge on any atom is 0.247 e. The highest BCUT2D eigenvalue weighted by Crippen LogP contribution is 2.31. The van der Waals surface area contributed by atoms with E-state index in [1.54, 1.807) is 0 Å². The molecule has 1 fully saturated rings. The Hall–Kier alpha value is -2.93. The Morgan fingerprint density at radius 3 is 2.53 bits per heavy atom. The van der Waals surface area contributed by atoms with Crippen molar-refractivity contribution < 1.29 is 4.74 Å². The van der Waals surface area contributed by atoms with Gasteiger partial charge in [0.1, 0.15) is 17.9 Å². The van der Waals surface area contributed by atoms with Gasteiger partial charge in [-0.25, -0.2) is 4.98 Å². The van der Waals surface area contributed by atoms with Crippen molar-refractivity contribution in [1.29, 1.82) is 0 Å². The highest BCUT2D eigenvalue weighted by atomic mass is 35.5. The Labute approximate surface area is 210 Å². The molecule has 4 aromatic rings. The van der Waals surface area contributed by atoms with E-state index in [4.69, 9.17) is 16.3 Å². The smallest absolute Gasteiger partial charge is 0.247 e. The molecule has 1 N–H and O–H groups in total. The second kappa shape index (κ2) is 11.0. The maximum absolute atomic E-state index is 6.37. The van der Waals surface area contributed by atoms with Crippen LogP contribution in [0.4, 0.5) is 11.6 Å². The van der Waals surface area contributed by atoms with Crippen molar-refractivity contribution in [3.8, 4) is 16.9 Å². The number of nitrogens with zero attached hydrogens (tertiary/aromatic N) is 4. The Morgan fingerprint density at radius 2 is 1.76 bits per heavy atom. The lowest BCUT2D eigenvalue weighted by Gasteiger charge is -2.15. The number of ether oxygens (including phenoxy) is 1. The molecule has 0 saturated carbocycles. The number of anilines is 2. The van der Waals surface area contributed by atoms with Gasteiger partial charge in [-0.15, -0.1) is 22.6 Å². The first kappa shape index (κ1) is 24.2. The van der Waals surface area contributed by atoms with Gasteiger partial charge in [-0.1, -0.05) is 29.8 Å². The molecule has 8 heteroatoms. The largest absolute Gasteiger partial charge is 0.492 e. The third-order valence-electron chi connectivity index (χ3n) is 5.92. The summed E-state index contributed by atoms with van der Waals surface area (Å²) >= 11 is 6.37. The van der Waals surface area contributed by atoms with Gasteiger partial charge in [0, 0.05) is 22.8 Å². The van der Waals surface area contributed by atoms with Crippen LogP contribution in [0.5, 0.6) is 5.75 Å². The molecule has 1 aliphatic rings. The van der Waals surface area contributed by atoms with Gasteiger partial charge in [-0.05, 0) is 86.4 Å². The van der Waals surface area contributed by atoms with E-state index in [0.29, 0.717) is 17.6 Å². The lowest BCUT2D eigenvalue weighted by Crippen LogP contribution is -2.25. The number of hydrogen-bond donors (Lipinski definition) is 1. The monoisotopic (exact) mass is 495 g/mol. The molecule has 0 amide bonds. The van der Waals surface area contributed by atoms with Crippen molar-refractivity contribution in [1.82, 2.24) is 20.1 Å². The Kier molecular flexibility index (Phi) is 7.83. The first-order chi connectivity index (χ1) is 16.2. The van der Waals surface area contributed by atoms with Gasteiger partial charge in [0.05, 0.1) is 5.52 Å². The Balaban J connectivity index is 0.00000274. The number of fused-ring (bicyclic) bond motifs is 1. The van der Waals surface area contributed by atoms with Crippen molar-refractivity contribution in [3.63, 3.8) is 0 Å². The van der Waals surface area contributed by atoms with Gasteiger partial charge in [-0.2, -0.15) is 0 Å². The molecule has 1 saturated heterocycles. The van der Waals surface area contributed by atoms with Crippen LogP contribution in [0.15, 0.2) is 60.7 Å². The van der Waals surface area contributed by atoms with Crippen molar-refractivity contribution in [2.45, 2.75) is 19.8 Å². The average Bonchev–Trinajstić information content (AvgIpc) is 3.34. The molecule has 1 aliphatic heterocycles. The molecule has 3 aromatic carbocycles. The van der Waals surface area contributed by atoms with Gasteiger partial charge in [0.25, 0.3) is 0 Å². The molecule has 0 aliphatic carbocycles. The first-order valence-electron chi connectivity index (χ1n) is 11.3. The highest BCUT2D eigenvalue weighted by Gasteiger charge is 2.12. The third-order valence-corrected chi connectivity index (χ3v) is 6.25. The number of likely N-dealkylation sites (tertiary alicyclic amines) is 1. The summed E-state index contributed by atoms with van der Waals surface area (Å²) in [7, 11) is 0. The van der Waals surface area contributed by atoms with Crippen molar-refractivity contribution >= 4 is 46.7 Å². The highest BCUT2D eigenvalue weighted by molar-refractivity contribution is 6.33. The van der Waals surface area contributed by atoms with Gasteiger partial charge < -0.3 is 10.1 Å². The van der Waals surface area contributed by atoms with Crippen LogP contribution in [0.1, 0.15) is 18.4 Å². The van der Waals surface area contributed by atoms with Crippen molar-refractivity contribution in [2.24, 2.45) is 0 Å². The first-order valence-corrected chi connectivity index (χ1v) is 11.7. The predicted octanol–water partition coefficient (Wildman–Crippen LogP) is 6.29.